The number of amides is 1. The van der Waals surface area contributed by atoms with Gasteiger partial charge < -0.3 is 0 Å². The Morgan fingerprint density at radius 3 is 2.31 bits per heavy atom. The van der Waals surface area contributed by atoms with E-state index in [0.29, 0.717) is 30.3 Å². The molecule has 0 unspecified atom stereocenters. The van der Waals surface area contributed by atoms with E-state index in [1.54, 1.807) is 17.0 Å². The van der Waals surface area contributed by atoms with Crippen molar-refractivity contribution < 1.29 is 13.2 Å². The number of carbonyl (C=O) groups is 1. The third kappa shape index (κ3) is 4.74. The standard InChI is InChI=1S/C27H27N3O3S2/c1-19-16-24-25(17-20(19)2)34-27(28-24)30(18-21-8-4-3-5-9-21)26(31)22-10-12-23(13-11-22)35(32,33)29-14-6-7-15-29/h3-5,8-13,16-17H,6-7,14-15,18H2,1-2H3. The molecule has 8 heteroatoms. The van der Waals surface area contributed by atoms with Gasteiger partial charge in [-0.1, -0.05) is 41.7 Å². The Labute approximate surface area is 209 Å². The Kier molecular flexibility index (Phi) is 6.44. The summed E-state index contributed by atoms with van der Waals surface area (Å²) in [7, 11) is -3.53. The number of benzene rings is 3. The van der Waals surface area contributed by atoms with E-state index in [1.807, 2.05) is 36.4 Å². The summed E-state index contributed by atoms with van der Waals surface area (Å²) in [4.78, 5) is 20.4. The maximum atomic E-state index is 13.7. The summed E-state index contributed by atoms with van der Waals surface area (Å²) in [5.41, 5.74) is 4.62. The second-order valence-electron chi connectivity index (χ2n) is 8.91. The molecular formula is C27H27N3O3S2. The summed E-state index contributed by atoms with van der Waals surface area (Å²) in [6, 6.07) is 20.2. The molecule has 1 aliphatic rings. The van der Waals surface area contributed by atoms with E-state index in [4.69, 9.17) is 4.98 Å². The highest BCUT2D eigenvalue weighted by Gasteiger charge is 2.28. The van der Waals surface area contributed by atoms with Gasteiger partial charge in [0.05, 0.1) is 21.7 Å². The van der Waals surface area contributed by atoms with Crippen molar-refractivity contribution in [2.24, 2.45) is 0 Å². The number of aryl methyl sites for hydroxylation is 2. The minimum atomic E-state index is -3.53. The van der Waals surface area contributed by atoms with Gasteiger partial charge in [0, 0.05) is 18.7 Å². The number of sulfonamides is 1. The van der Waals surface area contributed by atoms with E-state index in [0.717, 1.165) is 34.2 Å². The molecule has 1 fully saturated rings. The lowest BCUT2D eigenvalue weighted by Gasteiger charge is -2.20. The first-order valence-corrected chi connectivity index (χ1v) is 13.9. The largest absolute Gasteiger partial charge is 0.279 e. The molecule has 3 aromatic carbocycles. The highest BCUT2D eigenvalue weighted by Crippen LogP contribution is 2.33. The van der Waals surface area contributed by atoms with Crippen LogP contribution in [-0.4, -0.2) is 36.7 Å². The predicted octanol–water partition coefficient (Wildman–Crippen LogP) is 5.54. The van der Waals surface area contributed by atoms with E-state index >= 15 is 0 Å². The fraction of sp³-hybridized carbons (Fsp3) is 0.259. The zero-order valence-corrected chi connectivity index (χ0v) is 21.4. The average molecular weight is 506 g/mol. The van der Waals surface area contributed by atoms with Crippen LogP contribution in [0.3, 0.4) is 0 Å². The SMILES string of the molecule is Cc1cc2nc(N(Cc3ccccc3)C(=O)c3ccc(S(=O)(=O)N4CCCC4)cc3)sc2cc1C. The smallest absolute Gasteiger partial charge is 0.260 e. The summed E-state index contributed by atoms with van der Waals surface area (Å²) in [5.74, 6) is -0.216. The van der Waals surface area contributed by atoms with Crippen LogP contribution in [0.15, 0.2) is 71.6 Å². The van der Waals surface area contributed by atoms with Crippen LogP contribution in [0.25, 0.3) is 10.2 Å². The van der Waals surface area contributed by atoms with Gasteiger partial charge in [-0.05, 0) is 79.8 Å². The molecule has 1 amide bonds. The molecule has 0 bridgehead atoms. The zero-order chi connectivity index (χ0) is 24.6. The van der Waals surface area contributed by atoms with Crippen molar-refractivity contribution in [1.82, 2.24) is 9.29 Å². The number of anilines is 1. The van der Waals surface area contributed by atoms with Gasteiger partial charge in [-0.25, -0.2) is 13.4 Å². The Balaban J connectivity index is 1.49. The maximum Gasteiger partial charge on any atom is 0.260 e. The number of hydrogen-bond donors (Lipinski definition) is 0. The van der Waals surface area contributed by atoms with Gasteiger partial charge in [-0.3, -0.25) is 9.69 Å². The van der Waals surface area contributed by atoms with E-state index < -0.39 is 10.0 Å². The first-order valence-electron chi connectivity index (χ1n) is 11.7. The van der Waals surface area contributed by atoms with Crippen LogP contribution in [0.2, 0.25) is 0 Å². The lowest BCUT2D eigenvalue weighted by molar-refractivity contribution is 0.0985. The zero-order valence-electron chi connectivity index (χ0n) is 19.8. The summed E-state index contributed by atoms with van der Waals surface area (Å²) in [6.45, 7) is 5.58. The van der Waals surface area contributed by atoms with Gasteiger partial charge in [0.1, 0.15) is 0 Å². The lowest BCUT2D eigenvalue weighted by Crippen LogP contribution is -2.30. The fourth-order valence-corrected chi connectivity index (χ4v) is 6.84. The van der Waals surface area contributed by atoms with E-state index in [2.05, 4.69) is 19.9 Å². The molecule has 0 radical (unpaired) electrons. The minimum absolute atomic E-state index is 0.216. The van der Waals surface area contributed by atoms with Gasteiger partial charge in [0.25, 0.3) is 5.91 Å². The summed E-state index contributed by atoms with van der Waals surface area (Å²) < 4.78 is 28.3. The van der Waals surface area contributed by atoms with Crippen molar-refractivity contribution in [3.05, 3.63) is 89.0 Å². The molecule has 180 valence electrons. The van der Waals surface area contributed by atoms with Crippen molar-refractivity contribution in [1.29, 1.82) is 0 Å². The van der Waals surface area contributed by atoms with E-state index in [-0.39, 0.29) is 10.8 Å². The number of aromatic nitrogens is 1. The highest BCUT2D eigenvalue weighted by molar-refractivity contribution is 7.89. The van der Waals surface area contributed by atoms with Gasteiger partial charge in [-0.15, -0.1) is 0 Å². The monoisotopic (exact) mass is 505 g/mol. The predicted molar refractivity (Wildman–Crippen MR) is 140 cm³/mol. The summed E-state index contributed by atoms with van der Waals surface area (Å²) in [5, 5.41) is 0.618. The number of rotatable bonds is 6. The fourth-order valence-electron chi connectivity index (χ4n) is 4.28. The number of hydrogen-bond acceptors (Lipinski definition) is 5. The van der Waals surface area contributed by atoms with E-state index in [1.165, 1.54) is 33.3 Å². The van der Waals surface area contributed by atoms with Gasteiger partial charge in [0.2, 0.25) is 10.0 Å². The normalized spacial score (nSPS) is 14.5. The molecule has 0 saturated carbocycles. The molecule has 1 aromatic heterocycles. The van der Waals surface area contributed by atoms with Crippen LogP contribution in [0.4, 0.5) is 5.13 Å². The second-order valence-corrected chi connectivity index (χ2v) is 11.9. The first-order chi connectivity index (χ1) is 16.8. The molecule has 2 heterocycles. The van der Waals surface area contributed by atoms with Gasteiger partial charge >= 0.3 is 0 Å². The number of thiazole rings is 1. The molecule has 1 aliphatic heterocycles. The van der Waals surface area contributed by atoms with Crippen molar-refractivity contribution in [3.63, 3.8) is 0 Å². The first kappa shape index (κ1) is 23.7. The molecule has 4 aromatic rings. The molecule has 0 atom stereocenters. The van der Waals surface area contributed by atoms with Crippen molar-refractivity contribution >= 4 is 42.6 Å². The van der Waals surface area contributed by atoms with E-state index in [9.17, 15) is 13.2 Å². The summed E-state index contributed by atoms with van der Waals surface area (Å²) >= 11 is 1.49. The molecule has 0 spiro atoms. The summed E-state index contributed by atoms with van der Waals surface area (Å²) in [6.07, 6.45) is 1.76. The Morgan fingerprint density at radius 1 is 0.971 bits per heavy atom. The van der Waals surface area contributed by atoms with Crippen molar-refractivity contribution in [2.45, 2.75) is 38.1 Å². The van der Waals surface area contributed by atoms with Crippen LogP contribution in [0.1, 0.15) is 39.9 Å². The van der Waals surface area contributed by atoms with Gasteiger partial charge in [0.15, 0.2) is 5.13 Å². The Hall–Kier alpha value is -3.07. The minimum Gasteiger partial charge on any atom is -0.279 e. The average Bonchev–Trinajstić information content (AvgIpc) is 3.54. The van der Waals surface area contributed by atoms with Gasteiger partial charge in [-0.2, -0.15) is 4.31 Å². The maximum absolute atomic E-state index is 13.7. The third-order valence-electron chi connectivity index (χ3n) is 6.46. The molecule has 0 N–H and O–H groups in total. The Morgan fingerprint density at radius 2 is 1.63 bits per heavy atom. The van der Waals surface area contributed by atoms with Crippen LogP contribution in [0, 0.1) is 13.8 Å². The number of nitrogens with zero attached hydrogens (tertiary/aromatic N) is 3. The third-order valence-corrected chi connectivity index (χ3v) is 9.41. The molecule has 6 nitrogen and oxygen atoms in total. The quantitative estimate of drug-likeness (QED) is 0.345. The molecular weight excluding hydrogens is 478 g/mol. The topological polar surface area (TPSA) is 70.6 Å². The van der Waals surface area contributed by atoms with Crippen LogP contribution in [0.5, 0.6) is 0 Å². The lowest BCUT2D eigenvalue weighted by atomic mass is 10.1. The second kappa shape index (κ2) is 9.53. The van der Waals surface area contributed by atoms with Crippen LogP contribution < -0.4 is 4.90 Å². The van der Waals surface area contributed by atoms with Crippen LogP contribution in [-0.2, 0) is 16.6 Å². The number of carbonyl (C=O) groups excluding carboxylic acids is 1. The van der Waals surface area contributed by atoms with Crippen LogP contribution >= 0.6 is 11.3 Å². The Bertz CT molecular complexity index is 1430. The molecule has 5 rings (SSSR count). The number of fused-ring (bicyclic) bond motifs is 1. The highest BCUT2D eigenvalue weighted by atomic mass is 32.2. The van der Waals surface area contributed by atoms with Crippen molar-refractivity contribution in [2.75, 3.05) is 18.0 Å². The molecule has 35 heavy (non-hydrogen) atoms. The molecule has 0 aliphatic carbocycles. The molecule has 1 saturated heterocycles. The van der Waals surface area contributed by atoms with Crippen molar-refractivity contribution in [3.8, 4) is 0 Å².